The number of nitrogens with one attached hydrogen (secondary N) is 1. The molecule has 214 valence electrons. The van der Waals surface area contributed by atoms with Crippen LogP contribution >= 0.6 is 0 Å². The van der Waals surface area contributed by atoms with Crippen LogP contribution in [0.5, 0.6) is 0 Å². The number of nitrogens with zero attached hydrogens (tertiary/aromatic N) is 4. The smallest absolute Gasteiger partial charge is 0.321 e. The lowest BCUT2D eigenvalue weighted by atomic mass is 9.93. The third-order valence-electron chi connectivity index (χ3n) is 8.20. The highest BCUT2D eigenvalue weighted by Crippen LogP contribution is 2.33. The summed E-state index contributed by atoms with van der Waals surface area (Å²) in [4.78, 5) is 36.3. The predicted molar refractivity (Wildman–Crippen MR) is 167 cm³/mol. The largest absolute Gasteiger partial charge is 0.322 e. The molecule has 1 atom stereocenters. The Morgan fingerprint density at radius 2 is 1.41 bits per heavy atom. The Balaban J connectivity index is 1.35. The first-order valence-corrected chi connectivity index (χ1v) is 14.7. The van der Waals surface area contributed by atoms with E-state index < -0.39 is 0 Å². The van der Waals surface area contributed by atoms with Crippen LogP contribution in [-0.4, -0.2) is 51.6 Å². The van der Waals surface area contributed by atoms with Crippen LogP contribution in [-0.2, 0) is 6.54 Å². The number of hydrogen-bond acceptors (Lipinski definition) is 4. The van der Waals surface area contributed by atoms with E-state index in [9.17, 15) is 9.59 Å². The maximum atomic E-state index is 13.6. The van der Waals surface area contributed by atoms with Gasteiger partial charge >= 0.3 is 6.03 Å². The molecule has 2 amide bonds. The van der Waals surface area contributed by atoms with Crippen LogP contribution in [0.4, 0.5) is 10.5 Å². The minimum Gasteiger partial charge on any atom is -0.322 e. The molecule has 0 radical (unpaired) electrons. The van der Waals surface area contributed by atoms with Gasteiger partial charge in [0, 0.05) is 31.9 Å². The molecule has 7 heteroatoms. The molecule has 1 N–H and O–H groups in total. The lowest BCUT2D eigenvalue weighted by Crippen LogP contribution is -2.51. The topological polar surface area (TPSA) is 70.5 Å². The van der Waals surface area contributed by atoms with Crippen LogP contribution < -0.4 is 10.9 Å². The van der Waals surface area contributed by atoms with Crippen molar-refractivity contribution >= 4 is 22.6 Å². The summed E-state index contributed by atoms with van der Waals surface area (Å²) < 4.78 is 1.82. The van der Waals surface area contributed by atoms with Gasteiger partial charge < -0.3 is 10.2 Å². The molecule has 1 unspecified atom stereocenters. The van der Waals surface area contributed by atoms with Crippen molar-refractivity contribution in [3.8, 4) is 0 Å². The van der Waals surface area contributed by atoms with Gasteiger partial charge in [-0.1, -0.05) is 88.4 Å². The maximum absolute atomic E-state index is 13.6. The van der Waals surface area contributed by atoms with Crippen molar-refractivity contribution in [3.63, 3.8) is 0 Å². The molecule has 0 bridgehead atoms. The Morgan fingerprint density at radius 1 is 0.805 bits per heavy atom. The van der Waals surface area contributed by atoms with Gasteiger partial charge in [0.15, 0.2) is 0 Å². The third kappa shape index (κ3) is 6.05. The number of urea groups is 1. The second-order valence-corrected chi connectivity index (χ2v) is 11.6. The second kappa shape index (κ2) is 12.3. The van der Waals surface area contributed by atoms with E-state index in [1.807, 2.05) is 64.1 Å². The first-order chi connectivity index (χ1) is 19.7. The van der Waals surface area contributed by atoms with Crippen LogP contribution in [0.2, 0.25) is 0 Å². The van der Waals surface area contributed by atoms with Crippen LogP contribution in [0.1, 0.15) is 75.0 Å². The van der Waals surface area contributed by atoms with E-state index in [-0.39, 0.29) is 17.6 Å². The summed E-state index contributed by atoms with van der Waals surface area (Å²) in [6, 6.07) is 23.8. The Labute approximate surface area is 242 Å². The summed E-state index contributed by atoms with van der Waals surface area (Å²) in [6.07, 6.45) is 0. The predicted octanol–water partition coefficient (Wildman–Crippen LogP) is 6.60. The van der Waals surface area contributed by atoms with Gasteiger partial charge in [0.25, 0.3) is 5.56 Å². The average molecular weight is 552 g/mol. The highest BCUT2D eigenvalue weighted by Gasteiger charge is 2.28. The third-order valence-corrected chi connectivity index (χ3v) is 8.20. The molecule has 7 nitrogen and oxygen atoms in total. The fourth-order valence-corrected chi connectivity index (χ4v) is 5.78. The molecule has 2 heterocycles. The summed E-state index contributed by atoms with van der Waals surface area (Å²) in [7, 11) is 0. The first kappa shape index (κ1) is 28.6. The van der Waals surface area contributed by atoms with Gasteiger partial charge in [0.1, 0.15) is 5.82 Å². The van der Waals surface area contributed by atoms with E-state index >= 15 is 0 Å². The number of hydrogen-bond donors (Lipinski definition) is 1. The molecule has 1 aliphatic rings. The van der Waals surface area contributed by atoms with E-state index in [4.69, 9.17) is 4.98 Å². The van der Waals surface area contributed by atoms with Gasteiger partial charge in [-0.3, -0.25) is 14.3 Å². The summed E-state index contributed by atoms with van der Waals surface area (Å²) in [5.41, 5.74) is 5.02. The normalized spacial score (nSPS) is 15.0. The number of anilines is 1. The summed E-state index contributed by atoms with van der Waals surface area (Å²) in [6.45, 7) is 13.8. The maximum Gasteiger partial charge on any atom is 0.321 e. The van der Waals surface area contributed by atoms with Crippen molar-refractivity contribution < 1.29 is 4.79 Å². The van der Waals surface area contributed by atoms with E-state index in [0.29, 0.717) is 55.5 Å². The average Bonchev–Trinajstić information content (AvgIpc) is 2.98. The second-order valence-electron chi connectivity index (χ2n) is 11.6. The fourth-order valence-electron chi connectivity index (χ4n) is 5.78. The van der Waals surface area contributed by atoms with Gasteiger partial charge in [-0.2, -0.15) is 0 Å². The van der Waals surface area contributed by atoms with Gasteiger partial charge in [-0.05, 0) is 47.6 Å². The number of fused-ring (bicyclic) bond motifs is 1. The lowest BCUT2D eigenvalue weighted by molar-refractivity contribution is 0.114. The van der Waals surface area contributed by atoms with E-state index in [1.54, 1.807) is 0 Å². The molecule has 1 aliphatic heterocycles. The highest BCUT2D eigenvalue weighted by molar-refractivity contribution is 5.91. The minimum atomic E-state index is -0.0876. The van der Waals surface area contributed by atoms with Gasteiger partial charge in [-0.25, -0.2) is 9.78 Å². The minimum absolute atomic E-state index is 0.0240. The Bertz CT molecular complexity index is 1540. The Morgan fingerprint density at radius 3 is 2.05 bits per heavy atom. The van der Waals surface area contributed by atoms with Crippen molar-refractivity contribution in [2.45, 2.75) is 59.0 Å². The molecule has 0 spiro atoms. The number of amides is 2. The van der Waals surface area contributed by atoms with E-state index in [2.05, 4.69) is 63.0 Å². The highest BCUT2D eigenvalue weighted by atomic mass is 16.2. The van der Waals surface area contributed by atoms with Gasteiger partial charge in [-0.15, -0.1) is 0 Å². The van der Waals surface area contributed by atoms with Crippen molar-refractivity contribution in [1.29, 1.82) is 0 Å². The Kier molecular flexibility index (Phi) is 8.54. The molecule has 4 aromatic rings. The van der Waals surface area contributed by atoms with Crippen LogP contribution in [0.3, 0.4) is 0 Å². The summed E-state index contributed by atoms with van der Waals surface area (Å²) in [5, 5.41) is 3.89. The number of aromatic nitrogens is 2. The van der Waals surface area contributed by atoms with Gasteiger partial charge in [0.05, 0.1) is 23.5 Å². The van der Waals surface area contributed by atoms with Gasteiger partial charge in [0.2, 0.25) is 0 Å². The molecular weight excluding hydrogens is 510 g/mol. The van der Waals surface area contributed by atoms with E-state index in [0.717, 1.165) is 28.2 Å². The van der Waals surface area contributed by atoms with Crippen molar-refractivity contribution in [2.24, 2.45) is 0 Å². The van der Waals surface area contributed by atoms with Crippen molar-refractivity contribution in [2.75, 3.05) is 31.5 Å². The number of rotatable bonds is 7. The summed E-state index contributed by atoms with van der Waals surface area (Å²) in [5.74, 6) is 1.37. The molecule has 1 fully saturated rings. The Hall–Kier alpha value is -3.97. The zero-order chi connectivity index (χ0) is 29.1. The first-order valence-electron chi connectivity index (χ1n) is 14.7. The molecule has 3 aromatic carbocycles. The number of para-hydroxylation sites is 2. The quantitative estimate of drug-likeness (QED) is 0.281. The number of carbonyl (C=O) groups is 1. The SMILES string of the molecule is CC(C)c1cccc(C(C)C)c1NC(=O)N1CCN(C(C)c2nc3ccccc3c(=O)n2Cc2ccccc2)CC1. The number of piperazine rings is 1. The van der Waals surface area contributed by atoms with Crippen molar-refractivity contribution in [1.82, 2.24) is 19.4 Å². The van der Waals surface area contributed by atoms with Crippen molar-refractivity contribution in [3.05, 3.63) is 106 Å². The lowest BCUT2D eigenvalue weighted by Gasteiger charge is -2.38. The monoisotopic (exact) mass is 551 g/mol. The zero-order valence-electron chi connectivity index (χ0n) is 24.8. The van der Waals surface area contributed by atoms with Crippen LogP contribution in [0.25, 0.3) is 10.9 Å². The van der Waals surface area contributed by atoms with Crippen LogP contribution in [0, 0.1) is 0 Å². The fraction of sp³-hybridized carbons (Fsp3) is 0.382. The standard InChI is InChI=1S/C34H41N5O2/c1-23(2)27-15-11-16-28(24(3)4)31(27)36-34(41)38-20-18-37(19-21-38)25(5)32-35-30-17-10-9-14-29(30)33(40)39(32)22-26-12-7-6-8-13-26/h6-17,23-25H,18-22H2,1-5H3,(H,36,41). The molecule has 0 aliphatic carbocycles. The molecule has 1 saturated heterocycles. The molecule has 1 aromatic heterocycles. The zero-order valence-corrected chi connectivity index (χ0v) is 24.8. The molecule has 5 rings (SSSR count). The molecular formula is C34H41N5O2. The molecule has 41 heavy (non-hydrogen) atoms. The summed E-state index contributed by atoms with van der Waals surface area (Å²) >= 11 is 0. The van der Waals surface area contributed by atoms with E-state index in [1.165, 1.54) is 0 Å². The number of benzene rings is 3. The number of carbonyl (C=O) groups excluding carboxylic acids is 1. The molecule has 0 saturated carbocycles. The van der Waals surface area contributed by atoms with Crippen LogP contribution in [0.15, 0.2) is 77.6 Å².